The molecular weight excluding hydrogens is 254 g/mol. The Hall–Kier alpha value is -1.63. The smallest absolute Gasteiger partial charge is 0.236 e. The predicted octanol–water partition coefficient (Wildman–Crippen LogP) is 0.311. The van der Waals surface area contributed by atoms with Crippen LogP contribution in [-0.4, -0.2) is 54.5 Å². The number of likely N-dealkylation sites (tertiary alicyclic amines) is 1. The maximum atomic E-state index is 12.2. The summed E-state index contributed by atoms with van der Waals surface area (Å²) in [6, 6.07) is 4.23. The molecule has 20 heavy (non-hydrogen) atoms. The van der Waals surface area contributed by atoms with Crippen molar-refractivity contribution in [2.24, 2.45) is 11.7 Å². The van der Waals surface area contributed by atoms with Crippen LogP contribution in [0.2, 0.25) is 0 Å². The minimum absolute atomic E-state index is 0.000763. The summed E-state index contributed by atoms with van der Waals surface area (Å²) >= 11 is 0. The van der Waals surface area contributed by atoms with Crippen LogP contribution in [0.3, 0.4) is 0 Å². The lowest BCUT2D eigenvalue weighted by molar-refractivity contribution is -0.132. The molecule has 0 aliphatic carbocycles. The number of carbonyl (C=O) groups excluding carboxylic acids is 1. The van der Waals surface area contributed by atoms with Crippen LogP contribution in [0.4, 0.5) is 0 Å². The first-order valence-corrected chi connectivity index (χ1v) is 7.08. The second kappa shape index (κ2) is 8.52. The quantitative estimate of drug-likeness (QED) is 0.722. The molecule has 0 aromatic heterocycles. The first kappa shape index (κ1) is 16.4. The third kappa shape index (κ3) is 5.16. The second-order valence-corrected chi connectivity index (χ2v) is 5.34. The monoisotopic (exact) mass is 277 g/mol. The number of rotatable bonds is 7. The standard InChI is InChI=1S/C14H23N5O/c1-12(17)13-4-9-18(10-13)11-14(20)19(7-2-5-15)8-3-6-16/h12-13H,2-4,7-11,17H2,1H3. The van der Waals surface area contributed by atoms with Gasteiger partial charge in [0.1, 0.15) is 0 Å². The molecule has 1 heterocycles. The van der Waals surface area contributed by atoms with E-state index in [9.17, 15) is 4.79 Å². The van der Waals surface area contributed by atoms with Crippen LogP contribution in [0.25, 0.3) is 0 Å². The Balaban J connectivity index is 2.45. The molecule has 1 fully saturated rings. The van der Waals surface area contributed by atoms with Gasteiger partial charge < -0.3 is 10.6 Å². The van der Waals surface area contributed by atoms with Crippen LogP contribution in [0.5, 0.6) is 0 Å². The van der Waals surface area contributed by atoms with Crippen molar-refractivity contribution < 1.29 is 4.79 Å². The number of nitrogens with zero attached hydrogens (tertiary/aromatic N) is 4. The Morgan fingerprint density at radius 2 is 2.00 bits per heavy atom. The highest BCUT2D eigenvalue weighted by Gasteiger charge is 2.27. The molecule has 0 aromatic rings. The summed E-state index contributed by atoms with van der Waals surface area (Å²) in [4.78, 5) is 16.0. The molecule has 1 amide bonds. The van der Waals surface area contributed by atoms with Crippen molar-refractivity contribution in [1.29, 1.82) is 10.5 Å². The van der Waals surface area contributed by atoms with Crippen LogP contribution in [0, 0.1) is 28.6 Å². The summed E-state index contributed by atoms with van der Waals surface area (Å²) in [6.07, 6.45) is 1.64. The van der Waals surface area contributed by atoms with Crippen molar-refractivity contribution in [1.82, 2.24) is 9.80 Å². The zero-order valence-electron chi connectivity index (χ0n) is 12.1. The van der Waals surface area contributed by atoms with Crippen LogP contribution in [0.1, 0.15) is 26.2 Å². The molecule has 0 radical (unpaired) electrons. The molecule has 1 aliphatic heterocycles. The van der Waals surface area contributed by atoms with E-state index in [-0.39, 0.29) is 11.9 Å². The molecule has 6 heteroatoms. The third-order valence-corrected chi connectivity index (χ3v) is 3.75. The van der Waals surface area contributed by atoms with Gasteiger partial charge in [0, 0.05) is 25.7 Å². The lowest BCUT2D eigenvalue weighted by Gasteiger charge is -2.24. The van der Waals surface area contributed by atoms with Gasteiger partial charge in [-0.05, 0) is 25.8 Å². The number of nitriles is 2. The summed E-state index contributed by atoms with van der Waals surface area (Å²) in [6.45, 7) is 4.92. The number of hydrogen-bond donors (Lipinski definition) is 1. The number of carbonyl (C=O) groups is 1. The van der Waals surface area contributed by atoms with E-state index in [2.05, 4.69) is 4.90 Å². The van der Waals surface area contributed by atoms with Crippen molar-refractivity contribution in [3.05, 3.63) is 0 Å². The Morgan fingerprint density at radius 3 is 2.45 bits per heavy atom. The molecule has 1 saturated heterocycles. The summed E-state index contributed by atoms with van der Waals surface area (Å²) in [5.41, 5.74) is 5.89. The van der Waals surface area contributed by atoms with Gasteiger partial charge in [-0.25, -0.2) is 0 Å². The normalized spacial score (nSPS) is 20.1. The molecule has 2 N–H and O–H groups in total. The SMILES string of the molecule is CC(N)C1CCN(CC(=O)N(CCC#N)CCC#N)C1. The van der Waals surface area contributed by atoms with Crippen LogP contribution in [-0.2, 0) is 4.79 Å². The lowest BCUT2D eigenvalue weighted by atomic mass is 10.0. The highest BCUT2D eigenvalue weighted by atomic mass is 16.2. The van der Waals surface area contributed by atoms with Gasteiger partial charge >= 0.3 is 0 Å². The zero-order valence-corrected chi connectivity index (χ0v) is 12.1. The summed E-state index contributed by atoms with van der Waals surface area (Å²) in [5.74, 6) is 0.454. The molecule has 1 aliphatic rings. The third-order valence-electron chi connectivity index (χ3n) is 3.75. The summed E-state index contributed by atoms with van der Waals surface area (Å²) in [5, 5.41) is 17.3. The molecule has 0 spiro atoms. The Labute approximate surface area is 120 Å². The number of nitrogens with two attached hydrogens (primary N) is 1. The predicted molar refractivity (Wildman–Crippen MR) is 75.2 cm³/mol. The molecule has 0 aromatic carbocycles. The fraction of sp³-hybridized carbons (Fsp3) is 0.786. The first-order valence-electron chi connectivity index (χ1n) is 7.08. The molecular formula is C14H23N5O. The van der Waals surface area contributed by atoms with E-state index in [4.69, 9.17) is 16.3 Å². The lowest BCUT2D eigenvalue weighted by Crippen LogP contribution is -2.41. The molecule has 2 atom stereocenters. The van der Waals surface area contributed by atoms with Gasteiger partial charge in [0.15, 0.2) is 0 Å². The van der Waals surface area contributed by atoms with Gasteiger partial charge in [0.05, 0.1) is 31.5 Å². The number of amides is 1. The van der Waals surface area contributed by atoms with Crippen molar-refractivity contribution in [2.75, 3.05) is 32.7 Å². The van der Waals surface area contributed by atoms with Crippen molar-refractivity contribution in [2.45, 2.75) is 32.2 Å². The topological polar surface area (TPSA) is 97.2 Å². The van der Waals surface area contributed by atoms with E-state index in [0.29, 0.717) is 38.4 Å². The summed E-state index contributed by atoms with van der Waals surface area (Å²) in [7, 11) is 0. The molecule has 6 nitrogen and oxygen atoms in total. The average molecular weight is 277 g/mol. The second-order valence-electron chi connectivity index (χ2n) is 5.34. The molecule has 1 rings (SSSR count). The van der Waals surface area contributed by atoms with Crippen LogP contribution in [0.15, 0.2) is 0 Å². The van der Waals surface area contributed by atoms with E-state index < -0.39 is 0 Å². The highest BCUT2D eigenvalue weighted by Crippen LogP contribution is 2.18. The fourth-order valence-corrected chi connectivity index (χ4v) is 2.46. The van der Waals surface area contributed by atoms with Crippen molar-refractivity contribution in [3.8, 4) is 12.1 Å². The molecule has 110 valence electrons. The van der Waals surface area contributed by atoms with Crippen molar-refractivity contribution >= 4 is 5.91 Å². The van der Waals surface area contributed by atoms with Crippen LogP contribution >= 0.6 is 0 Å². The maximum absolute atomic E-state index is 12.2. The van der Waals surface area contributed by atoms with Gasteiger partial charge in [0.2, 0.25) is 5.91 Å². The molecule has 0 bridgehead atoms. The molecule has 2 unspecified atom stereocenters. The minimum atomic E-state index is 0.000763. The number of hydrogen-bond acceptors (Lipinski definition) is 5. The van der Waals surface area contributed by atoms with Crippen molar-refractivity contribution in [3.63, 3.8) is 0 Å². The average Bonchev–Trinajstić information content (AvgIpc) is 2.87. The molecule has 0 saturated carbocycles. The van der Waals surface area contributed by atoms with E-state index in [1.807, 2.05) is 19.1 Å². The fourth-order valence-electron chi connectivity index (χ4n) is 2.46. The first-order chi connectivity index (χ1) is 9.58. The van der Waals surface area contributed by atoms with E-state index >= 15 is 0 Å². The van der Waals surface area contributed by atoms with Gasteiger partial charge in [-0.3, -0.25) is 9.69 Å². The van der Waals surface area contributed by atoms with Gasteiger partial charge in [-0.15, -0.1) is 0 Å². The minimum Gasteiger partial charge on any atom is -0.340 e. The van der Waals surface area contributed by atoms with Gasteiger partial charge in [0.25, 0.3) is 0 Å². The van der Waals surface area contributed by atoms with E-state index in [1.165, 1.54) is 0 Å². The zero-order chi connectivity index (χ0) is 15.0. The van der Waals surface area contributed by atoms with Gasteiger partial charge in [-0.2, -0.15) is 10.5 Å². The maximum Gasteiger partial charge on any atom is 0.236 e. The Bertz CT molecular complexity index is 377. The van der Waals surface area contributed by atoms with E-state index in [0.717, 1.165) is 19.5 Å². The van der Waals surface area contributed by atoms with Gasteiger partial charge in [-0.1, -0.05) is 0 Å². The summed E-state index contributed by atoms with van der Waals surface area (Å²) < 4.78 is 0. The van der Waals surface area contributed by atoms with Crippen LogP contribution < -0.4 is 5.73 Å². The largest absolute Gasteiger partial charge is 0.340 e. The van der Waals surface area contributed by atoms with E-state index in [1.54, 1.807) is 4.90 Å². The Kier molecular flexibility index (Phi) is 7.00. The Morgan fingerprint density at radius 1 is 1.40 bits per heavy atom. The highest BCUT2D eigenvalue weighted by molar-refractivity contribution is 5.78.